The normalized spacial score (nSPS) is 19.5. The molecule has 0 amide bonds. The molecular formula is C13H16ClN3. The van der Waals surface area contributed by atoms with Crippen LogP contribution in [0.25, 0.3) is 11.2 Å². The fourth-order valence-corrected chi connectivity index (χ4v) is 2.43. The van der Waals surface area contributed by atoms with Crippen molar-refractivity contribution in [1.82, 2.24) is 14.5 Å². The molecule has 0 saturated heterocycles. The Morgan fingerprint density at radius 2 is 2.18 bits per heavy atom. The van der Waals surface area contributed by atoms with Crippen molar-refractivity contribution < 1.29 is 0 Å². The molecule has 17 heavy (non-hydrogen) atoms. The van der Waals surface area contributed by atoms with Crippen molar-refractivity contribution in [2.45, 2.75) is 44.5 Å². The first-order valence-corrected chi connectivity index (χ1v) is 6.44. The van der Waals surface area contributed by atoms with E-state index in [1.807, 2.05) is 20.0 Å². The summed E-state index contributed by atoms with van der Waals surface area (Å²) in [5.74, 6) is 0.944. The summed E-state index contributed by atoms with van der Waals surface area (Å²) in [7, 11) is 0. The summed E-state index contributed by atoms with van der Waals surface area (Å²) in [6, 6.07) is 2.08. The van der Waals surface area contributed by atoms with Crippen molar-refractivity contribution in [2.75, 3.05) is 0 Å². The molecule has 0 aliphatic heterocycles. The first-order chi connectivity index (χ1) is 8.01. The van der Waals surface area contributed by atoms with E-state index in [2.05, 4.69) is 27.5 Å². The maximum Gasteiger partial charge on any atom is 0.160 e. The summed E-state index contributed by atoms with van der Waals surface area (Å²) in [5.41, 5.74) is 3.24. The van der Waals surface area contributed by atoms with Gasteiger partial charge >= 0.3 is 0 Å². The molecule has 2 aromatic rings. The summed E-state index contributed by atoms with van der Waals surface area (Å²) in [4.78, 5) is 9.18. The SMILES string of the molecule is Cc1cnc2c(c1)nc(C(C)Cl)n2C1(C)CC1. The minimum atomic E-state index is -0.0815. The molecule has 1 unspecified atom stereocenters. The van der Waals surface area contributed by atoms with E-state index in [1.165, 1.54) is 12.8 Å². The van der Waals surface area contributed by atoms with Crippen LogP contribution in [0.15, 0.2) is 12.3 Å². The lowest BCUT2D eigenvalue weighted by Gasteiger charge is -2.16. The molecule has 0 aromatic carbocycles. The molecule has 1 saturated carbocycles. The largest absolute Gasteiger partial charge is 0.306 e. The zero-order valence-corrected chi connectivity index (χ0v) is 11.1. The fraction of sp³-hybridized carbons (Fsp3) is 0.538. The lowest BCUT2D eigenvalue weighted by molar-refractivity contribution is 0.518. The molecule has 0 bridgehead atoms. The fourth-order valence-electron chi connectivity index (χ4n) is 2.29. The van der Waals surface area contributed by atoms with E-state index < -0.39 is 0 Å². The second-order valence-electron chi connectivity index (χ2n) is 5.27. The van der Waals surface area contributed by atoms with Crippen LogP contribution in [0, 0.1) is 6.92 Å². The van der Waals surface area contributed by atoms with Gasteiger partial charge in [-0.15, -0.1) is 11.6 Å². The second-order valence-corrected chi connectivity index (χ2v) is 5.93. The number of fused-ring (bicyclic) bond motifs is 1. The maximum atomic E-state index is 6.24. The third-order valence-corrected chi connectivity index (χ3v) is 3.72. The lowest BCUT2D eigenvalue weighted by atomic mass is 10.2. The number of rotatable bonds is 2. The van der Waals surface area contributed by atoms with Crippen LogP contribution in [0.2, 0.25) is 0 Å². The van der Waals surface area contributed by atoms with Gasteiger partial charge in [0, 0.05) is 11.7 Å². The van der Waals surface area contributed by atoms with Crippen molar-refractivity contribution in [2.24, 2.45) is 0 Å². The number of hydrogen-bond donors (Lipinski definition) is 0. The third-order valence-electron chi connectivity index (χ3n) is 3.53. The predicted octanol–water partition coefficient (Wildman–Crippen LogP) is 3.55. The van der Waals surface area contributed by atoms with Crippen LogP contribution in [0.5, 0.6) is 0 Å². The van der Waals surface area contributed by atoms with Crippen LogP contribution in [0.3, 0.4) is 0 Å². The van der Waals surface area contributed by atoms with Gasteiger partial charge in [0.2, 0.25) is 0 Å². The van der Waals surface area contributed by atoms with Crippen LogP contribution in [0.1, 0.15) is 43.5 Å². The monoisotopic (exact) mass is 249 g/mol. The Labute approximate surface area is 106 Å². The highest BCUT2D eigenvalue weighted by atomic mass is 35.5. The lowest BCUT2D eigenvalue weighted by Crippen LogP contribution is -2.16. The number of aromatic nitrogens is 3. The van der Waals surface area contributed by atoms with Gasteiger partial charge in [-0.2, -0.15) is 0 Å². The predicted molar refractivity (Wildman–Crippen MR) is 69.4 cm³/mol. The number of nitrogens with zero attached hydrogens (tertiary/aromatic N) is 3. The van der Waals surface area contributed by atoms with Crippen LogP contribution in [-0.2, 0) is 5.54 Å². The summed E-state index contributed by atoms with van der Waals surface area (Å²) in [6.45, 7) is 6.25. The van der Waals surface area contributed by atoms with E-state index in [9.17, 15) is 0 Å². The van der Waals surface area contributed by atoms with Crippen molar-refractivity contribution in [1.29, 1.82) is 0 Å². The zero-order chi connectivity index (χ0) is 12.2. The molecule has 1 aliphatic carbocycles. The van der Waals surface area contributed by atoms with Gasteiger partial charge < -0.3 is 4.57 Å². The highest BCUT2D eigenvalue weighted by Gasteiger charge is 2.42. The van der Waals surface area contributed by atoms with Gasteiger partial charge in [-0.05, 0) is 45.2 Å². The molecule has 1 atom stereocenters. The van der Waals surface area contributed by atoms with Crippen LogP contribution < -0.4 is 0 Å². The van der Waals surface area contributed by atoms with E-state index in [0.29, 0.717) is 0 Å². The Hall–Kier alpha value is -1.09. The van der Waals surface area contributed by atoms with Crippen molar-refractivity contribution >= 4 is 22.8 Å². The van der Waals surface area contributed by atoms with Gasteiger partial charge in [0.1, 0.15) is 11.3 Å². The molecule has 2 aromatic heterocycles. The smallest absolute Gasteiger partial charge is 0.160 e. The first kappa shape index (κ1) is 11.0. The van der Waals surface area contributed by atoms with Crippen molar-refractivity contribution in [3.8, 4) is 0 Å². The van der Waals surface area contributed by atoms with Gasteiger partial charge in [0.05, 0.1) is 5.38 Å². The van der Waals surface area contributed by atoms with Crippen LogP contribution in [-0.4, -0.2) is 14.5 Å². The number of hydrogen-bond acceptors (Lipinski definition) is 2. The van der Waals surface area contributed by atoms with Gasteiger partial charge in [0.15, 0.2) is 5.65 Å². The van der Waals surface area contributed by atoms with Crippen LogP contribution >= 0.6 is 11.6 Å². The number of aryl methyl sites for hydroxylation is 1. The Kier molecular flexibility index (Phi) is 2.24. The molecule has 2 heterocycles. The Bertz CT molecular complexity index is 582. The van der Waals surface area contributed by atoms with Gasteiger partial charge in [0.25, 0.3) is 0 Å². The second kappa shape index (κ2) is 3.45. The molecule has 1 fully saturated rings. The molecule has 4 heteroatoms. The molecule has 90 valence electrons. The average molecular weight is 250 g/mol. The molecule has 1 aliphatic rings. The quantitative estimate of drug-likeness (QED) is 0.762. The van der Waals surface area contributed by atoms with E-state index in [-0.39, 0.29) is 10.9 Å². The number of imidazole rings is 1. The van der Waals surface area contributed by atoms with Gasteiger partial charge in [-0.3, -0.25) is 0 Å². The summed E-state index contributed by atoms with van der Waals surface area (Å²) >= 11 is 6.24. The van der Waals surface area contributed by atoms with E-state index >= 15 is 0 Å². The molecule has 0 N–H and O–H groups in total. The maximum absolute atomic E-state index is 6.24. The zero-order valence-electron chi connectivity index (χ0n) is 10.4. The Balaban J connectivity index is 2.32. The van der Waals surface area contributed by atoms with Crippen molar-refractivity contribution in [3.63, 3.8) is 0 Å². The van der Waals surface area contributed by atoms with Gasteiger partial charge in [-0.25, -0.2) is 9.97 Å². The first-order valence-electron chi connectivity index (χ1n) is 6.01. The summed E-state index contributed by atoms with van der Waals surface area (Å²) < 4.78 is 2.24. The van der Waals surface area contributed by atoms with E-state index in [4.69, 9.17) is 11.6 Å². The molecule has 3 rings (SSSR count). The highest BCUT2D eigenvalue weighted by Crippen LogP contribution is 2.46. The molecule has 0 spiro atoms. The van der Waals surface area contributed by atoms with Gasteiger partial charge in [-0.1, -0.05) is 0 Å². The van der Waals surface area contributed by atoms with Crippen molar-refractivity contribution in [3.05, 3.63) is 23.7 Å². The highest BCUT2D eigenvalue weighted by molar-refractivity contribution is 6.20. The third kappa shape index (κ3) is 1.64. The summed E-state index contributed by atoms with van der Waals surface area (Å²) in [5, 5.41) is -0.0815. The summed E-state index contributed by atoms with van der Waals surface area (Å²) in [6.07, 6.45) is 4.27. The minimum Gasteiger partial charge on any atom is -0.306 e. The molecular weight excluding hydrogens is 234 g/mol. The Morgan fingerprint density at radius 3 is 2.76 bits per heavy atom. The van der Waals surface area contributed by atoms with E-state index in [0.717, 1.165) is 22.6 Å². The average Bonchev–Trinajstić information content (AvgIpc) is 2.88. The van der Waals surface area contributed by atoms with Crippen LogP contribution in [0.4, 0.5) is 0 Å². The topological polar surface area (TPSA) is 30.7 Å². The molecule has 3 nitrogen and oxygen atoms in total. The number of pyridine rings is 1. The minimum absolute atomic E-state index is 0.0815. The van der Waals surface area contributed by atoms with E-state index in [1.54, 1.807) is 0 Å². The number of alkyl halides is 1. The standard InChI is InChI=1S/C13H16ClN3/c1-8-6-10-12(15-7-8)17(13(3)4-5-13)11(16-10)9(2)14/h6-7,9H,4-5H2,1-3H3. The Morgan fingerprint density at radius 1 is 1.47 bits per heavy atom. The molecule has 0 radical (unpaired) electrons. The number of halogens is 1.